The Balaban J connectivity index is 0.00000625. The first-order valence-corrected chi connectivity index (χ1v) is 9.72. The molecule has 0 aromatic heterocycles. The molecule has 1 saturated carbocycles. The minimum atomic E-state index is -1.02. The quantitative estimate of drug-likeness (QED) is 0.248. The van der Waals surface area contributed by atoms with E-state index in [-0.39, 0.29) is 60.0 Å². The number of aliphatic hydroxyl groups is 2. The molecule has 0 heterocycles. The number of ketones is 1. The fourth-order valence-electron chi connectivity index (χ4n) is 3.54. The van der Waals surface area contributed by atoms with Gasteiger partial charge in [0.2, 0.25) is 0 Å². The van der Waals surface area contributed by atoms with Gasteiger partial charge in [-0.05, 0) is 25.7 Å². The summed E-state index contributed by atoms with van der Waals surface area (Å²) in [6, 6.07) is 0. The molecule has 1 fully saturated rings. The molecule has 144 valence electrons. The Kier molecular flexibility index (Phi) is 14.7. The molecule has 0 radical (unpaired) electrons. The van der Waals surface area contributed by atoms with Gasteiger partial charge >= 0.3 is 29.6 Å². The molecule has 1 aliphatic rings. The molecule has 0 saturated heterocycles. The molecule has 2 unspecified atom stereocenters. The van der Waals surface area contributed by atoms with Gasteiger partial charge in [-0.3, -0.25) is 4.79 Å². The van der Waals surface area contributed by atoms with Crippen molar-refractivity contribution in [2.45, 2.75) is 89.8 Å². The SMILES string of the molecule is CCCCCC(O)/C=C/[C@H]1C(O)CC(=O)[C@@H]1CCCCCCC(=O)[O-].[Na+]. The van der Waals surface area contributed by atoms with E-state index in [4.69, 9.17) is 0 Å². The summed E-state index contributed by atoms with van der Waals surface area (Å²) in [4.78, 5) is 22.5. The Labute approximate surface area is 179 Å². The van der Waals surface area contributed by atoms with Crippen molar-refractivity contribution in [3.05, 3.63) is 12.2 Å². The molecule has 0 bridgehead atoms. The van der Waals surface area contributed by atoms with E-state index in [0.29, 0.717) is 19.3 Å². The van der Waals surface area contributed by atoms with Crippen molar-refractivity contribution in [2.75, 3.05) is 0 Å². The van der Waals surface area contributed by atoms with Gasteiger partial charge in [0.15, 0.2) is 0 Å². The molecule has 0 spiro atoms. The summed E-state index contributed by atoms with van der Waals surface area (Å²) in [6.07, 6.45) is 10.4. The van der Waals surface area contributed by atoms with E-state index in [1.807, 2.05) is 6.08 Å². The third-order valence-corrected chi connectivity index (χ3v) is 5.04. The summed E-state index contributed by atoms with van der Waals surface area (Å²) in [6.45, 7) is 2.12. The van der Waals surface area contributed by atoms with Crippen molar-refractivity contribution in [1.29, 1.82) is 0 Å². The second-order valence-electron chi connectivity index (χ2n) is 7.19. The predicted octanol–water partition coefficient (Wildman–Crippen LogP) is -0.856. The van der Waals surface area contributed by atoms with Crippen molar-refractivity contribution in [2.24, 2.45) is 11.8 Å². The summed E-state index contributed by atoms with van der Waals surface area (Å²) < 4.78 is 0. The van der Waals surface area contributed by atoms with Crippen LogP contribution in [0.15, 0.2) is 12.2 Å². The molecule has 2 N–H and O–H groups in total. The van der Waals surface area contributed by atoms with Crippen LogP contribution in [-0.2, 0) is 9.59 Å². The number of carboxylic acids is 1. The van der Waals surface area contributed by atoms with Crippen molar-refractivity contribution in [3.63, 3.8) is 0 Å². The summed E-state index contributed by atoms with van der Waals surface area (Å²) in [5.74, 6) is -1.32. The number of Topliss-reactive ketones (excluding diaryl/α,β-unsaturated/α-hetero) is 1. The van der Waals surface area contributed by atoms with Crippen LogP contribution in [0.3, 0.4) is 0 Å². The van der Waals surface area contributed by atoms with Crippen molar-refractivity contribution in [3.8, 4) is 0 Å². The van der Waals surface area contributed by atoms with Gasteiger partial charge in [0.25, 0.3) is 0 Å². The zero-order valence-corrected chi connectivity index (χ0v) is 18.4. The summed E-state index contributed by atoms with van der Waals surface area (Å²) >= 11 is 0. The van der Waals surface area contributed by atoms with Gasteiger partial charge < -0.3 is 20.1 Å². The van der Waals surface area contributed by atoms with E-state index in [1.165, 1.54) is 0 Å². The average molecular weight is 376 g/mol. The normalized spacial score (nSPS) is 24.0. The number of carbonyl (C=O) groups excluding carboxylic acids is 2. The molecular formula is C20H33NaO5. The first-order valence-electron chi connectivity index (χ1n) is 9.72. The number of hydrogen-bond donors (Lipinski definition) is 2. The van der Waals surface area contributed by atoms with Gasteiger partial charge in [-0.1, -0.05) is 57.6 Å². The van der Waals surface area contributed by atoms with Crippen LogP contribution in [0.5, 0.6) is 0 Å². The van der Waals surface area contributed by atoms with E-state index < -0.39 is 18.2 Å². The van der Waals surface area contributed by atoms with Crippen LogP contribution in [0.25, 0.3) is 0 Å². The number of unbranched alkanes of at least 4 members (excludes halogenated alkanes) is 5. The van der Waals surface area contributed by atoms with Crippen LogP contribution in [0, 0.1) is 11.8 Å². The Bertz CT molecular complexity index is 438. The minimum absolute atomic E-state index is 0. The molecule has 1 aliphatic carbocycles. The molecule has 0 aliphatic heterocycles. The van der Waals surface area contributed by atoms with Crippen LogP contribution in [0.1, 0.15) is 77.6 Å². The van der Waals surface area contributed by atoms with Crippen molar-refractivity contribution >= 4 is 11.8 Å². The van der Waals surface area contributed by atoms with Gasteiger partial charge in [0.05, 0.1) is 12.2 Å². The second kappa shape index (κ2) is 14.8. The van der Waals surface area contributed by atoms with Gasteiger partial charge in [-0.2, -0.15) is 0 Å². The molecule has 26 heavy (non-hydrogen) atoms. The molecule has 0 aromatic rings. The molecule has 0 amide bonds. The fourth-order valence-corrected chi connectivity index (χ4v) is 3.54. The Hall–Kier alpha value is -0.200. The Morgan fingerprint density at radius 1 is 1.23 bits per heavy atom. The zero-order chi connectivity index (χ0) is 18.7. The number of carbonyl (C=O) groups is 2. The van der Waals surface area contributed by atoms with E-state index >= 15 is 0 Å². The first kappa shape index (κ1) is 25.8. The Morgan fingerprint density at radius 2 is 1.92 bits per heavy atom. The smallest absolute Gasteiger partial charge is 0.550 e. The number of hydrogen-bond acceptors (Lipinski definition) is 5. The molecule has 4 atom stereocenters. The molecule has 0 aromatic carbocycles. The van der Waals surface area contributed by atoms with Crippen LogP contribution in [-0.4, -0.2) is 34.2 Å². The molecule has 5 nitrogen and oxygen atoms in total. The van der Waals surface area contributed by atoms with Crippen LogP contribution < -0.4 is 34.7 Å². The van der Waals surface area contributed by atoms with Crippen LogP contribution >= 0.6 is 0 Å². The van der Waals surface area contributed by atoms with E-state index in [9.17, 15) is 24.9 Å². The zero-order valence-electron chi connectivity index (χ0n) is 16.4. The first-order chi connectivity index (χ1) is 12.0. The van der Waals surface area contributed by atoms with Crippen LogP contribution in [0.4, 0.5) is 0 Å². The minimum Gasteiger partial charge on any atom is -0.550 e. The summed E-state index contributed by atoms with van der Waals surface area (Å²) in [7, 11) is 0. The Morgan fingerprint density at radius 3 is 2.58 bits per heavy atom. The van der Waals surface area contributed by atoms with E-state index in [0.717, 1.165) is 38.5 Å². The molecular weight excluding hydrogens is 343 g/mol. The van der Waals surface area contributed by atoms with Gasteiger partial charge in [0.1, 0.15) is 5.78 Å². The standard InChI is InChI=1S/C20H34O5.Na/c1-2-3-6-9-15(21)12-13-17-16(18(22)14-19(17)23)10-7-4-5-8-11-20(24)25;/h12-13,15-17,19,21,23H,2-11,14H2,1H3,(H,24,25);/q;+1/p-1/b13-12+;/t15?,16-,17-,19?;/m1./s1. The molecule has 1 rings (SSSR count). The van der Waals surface area contributed by atoms with E-state index in [1.54, 1.807) is 6.08 Å². The maximum atomic E-state index is 12.1. The third-order valence-electron chi connectivity index (χ3n) is 5.04. The summed E-state index contributed by atoms with van der Waals surface area (Å²) in [5.41, 5.74) is 0. The average Bonchev–Trinajstić information content (AvgIpc) is 2.82. The third kappa shape index (κ3) is 10.2. The largest absolute Gasteiger partial charge is 1.00 e. The summed E-state index contributed by atoms with van der Waals surface area (Å²) in [5, 5.41) is 30.5. The number of aliphatic carboxylic acids is 1. The van der Waals surface area contributed by atoms with Gasteiger partial charge in [-0.25, -0.2) is 0 Å². The maximum Gasteiger partial charge on any atom is 1.00 e. The van der Waals surface area contributed by atoms with Crippen molar-refractivity contribution < 1.29 is 54.5 Å². The number of rotatable bonds is 13. The number of carboxylic acid groups (broad SMARTS) is 1. The van der Waals surface area contributed by atoms with Gasteiger partial charge in [-0.15, -0.1) is 0 Å². The van der Waals surface area contributed by atoms with Gasteiger partial charge in [0, 0.05) is 24.2 Å². The maximum absolute atomic E-state index is 12.1. The molecule has 6 heteroatoms. The second-order valence-corrected chi connectivity index (χ2v) is 7.19. The topological polar surface area (TPSA) is 97.7 Å². The number of aliphatic hydroxyl groups excluding tert-OH is 2. The monoisotopic (exact) mass is 376 g/mol. The predicted molar refractivity (Wildman–Crippen MR) is 94.6 cm³/mol. The van der Waals surface area contributed by atoms with Crippen LogP contribution in [0.2, 0.25) is 0 Å². The van der Waals surface area contributed by atoms with Crippen molar-refractivity contribution in [1.82, 2.24) is 0 Å². The van der Waals surface area contributed by atoms with E-state index in [2.05, 4.69) is 6.92 Å². The fraction of sp³-hybridized carbons (Fsp3) is 0.800.